The van der Waals surface area contributed by atoms with Crippen LogP contribution in [0.4, 0.5) is 28.4 Å². The molecule has 10 rings (SSSR count). The van der Waals surface area contributed by atoms with E-state index in [9.17, 15) is 0 Å². The Labute approximate surface area is 290 Å². The highest BCUT2D eigenvalue weighted by molar-refractivity contribution is 7.20. The lowest BCUT2D eigenvalue weighted by Crippen LogP contribution is -2.17. The zero-order valence-corrected chi connectivity index (χ0v) is 27.6. The first-order chi connectivity index (χ1) is 24.3. The van der Waals surface area contributed by atoms with Gasteiger partial charge in [-0.3, -0.25) is 0 Å². The second kappa shape index (κ2) is 11.4. The van der Waals surface area contributed by atoms with Gasteiger partial charge in [0.05, 0.1) is 0 Å². The number of thiophene rings is 1. The molecule has 0 N–H and O–H groups in total. The van der Waals surface area contributed by atoms with E-state index in [-0.39, 0.29) is 0 Å². The van der Waals surface area contributed by atoms with Crippen molar-refractivity contribution in [1.29, 1.82) is 0 Å². The van der Waals surface area contributed by atoms with E-state index in [1.165, 1.54) is 65.1 Å². The molecule has 3 heteroatoms. The predicted octanol–water partition coefficient (Wildman–Crippen LogP) is 13.0. The average Bonchev–Trinajstić information content (AvgIpc) is 3.69. The molecule has 1 aliphatic heterocycles. The molecule has 0 amide bonds. The van der Waals surface area contributed by atoms with Crippen LogP contribution in [0.2, 0.25) is 0 Å². The van der Waals surface area contributed by atoms with Crippen molar-refractivity contribution in [3.8, 4) is 11.1 Å². The first-order valence-corrected chi connectivity index (χ1v) is 17.8. The van der Waals surface area contributed by atoms with E-state index in [2.05, 4.69) is 186 Å². The van der Waals surface area contributed by atoms with E-state index in [0.29, 0.717) is 5.92 Å². The van der Waals surface area contributed by atoms with E-state index in [1.807, 2.05) is 11.3 Å². The summed E-state index contributed by atoms with van der Waals surface area (Å²) >= 11 is 1.92. The molecule has 1 aromatic heterocycles. The summed E-state index contributed by atoms with van der Waals surface area (Å²) in [6.07, 6.45) is 3.49. The standard InChI is InChI=1S/C46H32N2S/c1-2-13-35(14-3-1)47(36-25-23-32(24-26-36)34-22-21-31-11-4-5-12-33(31)27-34)37-15-10-16-38(28-37)48-43-19-8-6-17-39(43)41-29-42-40-18-7-9-20-45(40)49-46(42)30-44(41)48/h1-28,30,41H,29H2. The molecule has 2 nitrogen and oxygen atoms in total. The van der Waals surface area contributed by atoms with Crippen LogP contribution in [0, 0.1) is 0 Å². The van der Waals surface area contributed by atoms with E-state index < -0.39 is 0 Å². The first kappa shape index (κ1) is 28.1. The zero-order chi connectivity index (χ0) is 32.3. The summed E-state index contributed by atoms with van der Waals surface area (Å²) in [6, 6.07) is 61.8. The molecule has 1 unspecified atom stereocenters. The average molecular weight is 645 g/mol. The van der Waals surface area contributed by atoms with Gasteiger partial charge in [-0.2, -0.15) is 0 Å². The van der Waals surface area contributed by atoms with Crippen molar-refractivity contribution in [2.75, 3.05) is 9.80 Å². The summed E-state index contributed by atoms with van der Waals surface area (Å²) in [5, 5.41) is 3.92. The molecule has 0 saturated heterocycles. The van der Waals surface area contributed by atoms with Crippen molar-refractivity contribution in [1.82, 2.24) is 0 Å². The largest absolute Gasteiger partial charge is 0.313 e. The van der Waals surface area contributed by atoms with Crippen molar-refractivity contribution < 1.29 is 0 Å². The van der Waals surface area contributed by atoms with Gasteiger partial charge in [-0.05, 0) is 112 Å². The molecular weight excluding hydrogens is 613 g/mol. The lowest BCUT2D eigenvalue weighted by molar-refractivity contribution is 0.807. The minimum absolute atomic E-state index is 0.332. The number of nitrogens with zero attached hydrogens (tertiary/aromatic N) is 2. The molecule has 232 valence electrons. The second-order valence-electron chi connectivity index (χ2n) is 13.0. The minimum Gasteiger partial charge on any atom is -0.313 e. The zero-order valence-electron chi connectivity index (χ0n) is 26.8. The Morgan fingerprint density at radius 2 is 1.27 bits per heavy atom. The molecule has 0 radical (unpaired) electrons. The third-order valence-electron chi connectivity index (χ3n) is 10.2. The molecule has 0 saturated carbocycles. The van der Waals surface area contributed by atoms with Gasteiger partial charge < -0.3 is 9.80 Å². The van der Waals surface area contributed by atoms with Gasteiger partial charge in [0, 0.05) is 49.6 Å². The maximum atomic E-state index is 2.50. The van der Waals surface area contributed by atoms with Crippen LogP contribution in [0.1, 0.15) is 21.9 Å². The molecule has 0 fully saturated rings. The fourth-order valence-electron chi connectivity index (χ4n) is 7.86. The highest BCUT2D eigenvalue weighted by atomic mass is 32.1. The number of benzene rings is 7. The summed E-state index contributed by atoms with van der Waals surface area (Å²) in [5.41, 5.74) is 12.5. The normalized spacial score (nSPS) is 14.7. The molecule has 8 aromatic rings. The maximum Gasteiger partial charge on any atom is 0.0497 e. The van der Waals surface area contributed by atoms with Crippen LogP contribution in [0.5, 0.6) is 0 Å². The number of hydrogen-bond donors (Lipinski definition) is 0. The topological polar surface area (TPSA) is 6.48 Å². The minimum atomic E-state index is 0.332. The van der Waals surface area contributed by atoms with Crippen LogP contribution < -0.4 is 9.80 Å². The smallest absolute Gasteiger partial charge is 0.0497 e. The Balaban J connectivity index is 1.07. The predicted molar refractivity (Wildman–Crippen MR) is 209 cm³/mol. The lowest BCUT2D eigenvalue weighted by Gasteiger charge is -2.29. The number of hydrogen-bond acceptors (Lipinski definition) is 3. The van der Waals surface area contributed by atoms with Crippen LogP contribution in [-0.2, 0) is 6.42 Å². The van der Waals surface area contributed by atoms with Crippen molar-refractivity contribution in [3.05, 3.63) is 192 Å². The maximum absolute atomic E-state index is 2.50. The molecule has 1 aliphatic carbocycles. The Hall–Kier alpha value is -5.90. The molecular formula is C46H32N2S. The third-order valence-corrected chi connectivity index (χ3v) is 11.3. The van der Waals surface area contributed by atoms with Crippen molar-refractivity contribution in [3.63, 3.8) is 0 Å². The highest BCUT2D eigenvalue weighted by Crippen LogP contribution is 2.54. The number of anilines is 5. The van der Waals surface area contributed by atoms with Gasteiger partial charge in [-0.1, -0.05) is 109 Å². The third kappa shape index (κ3) is 4.69. The molecule has 1 atom stereocenters. The van der Waals surface area contributed by atoms with Gasteiger partial charge in [0.15, 0.2) is 0 Å². The number of para-hydroxylation sites is 2. The summed E-state index contributed by atoms with van der Waals surface area (Å²) in [5.74, 6) is 0.332. The Morgan fingerprint density at radius 1 is 0.551 bits per heavy atom. The quantitative estimate of drug-likeness (QED) is 0.184. The Kier molecular flexibility index (Phi) is 6.53. The Morgan fingerprint density at radius 3 is 2.16 bits per heavy atom. The summed E-state index contributed by atoms with van der Waals surface area (Å²) in [7, 11) is 0. The van der Waals surface area contributed by atoms with E-state index in [1.54, 1.807) is 0 Å². The lowest BCUT2D eigenvalue weighted by atomic mass is 9.86. The number of fused-ring (bicyclic) bond motifs is 7. The molecule has 0 bridgehead atoms. The monoisotopic (exact) mass is 644 g/mol. The SMILES string of the molecule is C1=C2C(Cc3c1sc1ccccc31)c1ccccc1N2c1cccc(N(c2ccccc2)c2ccc(-c3ccc4ccccc4c3)cc2)c1. The van der Waals surface area contributed by atoms with Crippen molar-refractivity contribution in [2.24, 2.45) is 0 Å². The molecule has 2 heterocycles. The number of allylic oxidation sites excluding steroid dienone is 1. The number of rotatable bonds is 5. The van der Waals surface area contributed by atoms with E-state index >= 15 is 0 Å². The Bertz CT molecular complexity index is 2540. The van der Waals surface area contributed by atoms with Gasteiger partial charge in [0.25, 0.3) is 0 Å². The van der Waals surface area contributed by atoms with Crippen LogP contribution in [0.25, 0.3) is 38.1 Å². The van der Waals surface area contributed by atoms with Crippen LogP contribution in [0.3, 0.4) is 0 Å². The summed E-state index contributed by atoms with van der Waals surface area (Å²) in [6.45, 7) is 0. The molecule has 7 aromatic carbocycles. The van der Waals surface area contributed by atoms with Crippen LogP contribution in [-0.4, -0.2) is 0 Å². The highest BCUT2D eigenvalue weighted by Gasteiger charge is 2.38. The van der Waals surface area contributed by atoms with Crippen molar-refractivity contribution in [2.45, 2.75) is 12.3 Å². The van der Waals surface area contributed by atoms with Crippen molar-refractivity contribution >= 4 is 66.7 Å². The van der Waals surface area contributed by atoms with Gasteiger partial charge in [-0.15, -0.1) is 11.3 Å². The van der Waals surface area contributed by atoms with Crippen LogP contribution >= 0.6 is 11.3 Å². The fraction of sp³-hybridized carbons (Fsp3) is 0.0435. The van der Waals surface area contributed by atoms with Gasteiger partial charge in [0.2, 0.25) is 0 Å². The van der Waals surface area contributed by atoms with E-state index in [0.717, 1.165) is 23.5 Å². The van der Waals surface area contributed by atoms with Crippen LogP contribution in [0.15, 0.2) is 176 Å². The molecule has 49 heavy (non-hydrogen) atoms. The van der Waals surface area contributed by atoms with E-state index in [4.69, 9.17) is 0 Å². The van der Waals surface area contributed by atoms with Gasteiger partial charge in [-0.25, -0.2) is 0 Å². The van der Waals surface area contributed by atoms with Gasteiger partial charge in [0.1, 0.15) is 0 Å². The summed E-state index contributed by atoms with van der Waals surface area (Å²) in [4.78, 5) is 6.26. The summed E-state index contributed by atoms with van der Waals surface area (Å²) < 4.78 is 1.37. The molecule has 2 aliphatic rings. The molecule has 0 spiro atoms. The van der Waals surface area contributed by atoms with Gasteiger partial charge >= 0.3 is 0 Å². The fourth-order valence-corrected chi connectivity index (χ4v) is 9.04. The first-order valence-electron chi connectivity index (χ1n) is 16.9. The second-order valence-corrected chi connectivity index (χ2v) is 14.0.